The van der Waals surface area contributed by atoms with Crippen LogP contribution in [0.4, 0.5) is 0 Å². The van der Waals surface area contributed by atoms with Crippen LogP contribution in [0.3, 0.4) is 0 Å². The maximum absolute atomic E-state index is 12.0. The molecule has 6 nitrogen and oxygen atoms in total. The predicted octanol–water partition coefficient (Wildman–Crippen LogP) is 2.66. The maximum Gasteiger partial charge on any atom is 0.363 e. The average molecular weight is 401 g/mol. The van der Waals surface area contributed by atoms with Gasteiger partial charge in [0.25, 0.3) is 5.91 Å². The number of carbonyl (C=O) groups excluding carboxylic acids is 2. The number of ether oxygens (including phenoxy) is 2. The highest BCUT2D eigenvalue weighted by molar-refractivity contribution is 9.10. The van der Waals surface area contributed by atoms with Gasteiger partial charge in [-0.25, -0.2) is 9.79 Å². The van der Waals surface area contributed by atoms with E-state index < -0.39 is 11.9 Å². The molecule has 1 aliphatic rings. The van der Waals surface area contributed by atoms with E-state index in [9.17, 15) is 9.59 Å². The molecule has 0 aromatic heterocycles. The molecule has 0 atom stereocenters. The van der Waals surface area contributed by atoms with Gasteiger partial charge < -0.3 is 15.2 Å². The van der Waals surface area contributed by atoms with Gasteiger partial charge in [-0.1, -0.05) is 28.1 Å². The van der Waals surface area contributed by atoms with Gasteiger partial charge in [-0.15, -0.1) is 0 Å². The SMILES string of the molecule is NC(=O)COc1ccc(/C=C2\N=C(c3ccc(Br)cc3)OC2=O)cc1. The van der Waals surface area contributed by atoms with E-state index in [1.165, 1.54) is 0 Å². The highest BCUT2D eigenvalue weighted by Crippen LogP contribution is 2.21. The minimum atomic E-state index is -0.547. The summed E-state index contributed by atoms with van der Waals surface area (Å²) in [6, 6.07) is 14.1. The Morgan fingerprint density at radius 1 is 1.16 bits per heavy atom. The molecule has 0 saturated carbocycles. The molecule has 0 spiro atoms. The minimum Gasteiger partial charge on any atom is -0.484 e. The Labute approximate surface area is 152 Å². The molecule has 0 unspecified atom stereocenters. The van der Waals surface area contributed by atoms with E-state index in [1.54, 1.807) is 30.3 Å². The number of cyclic esters (lactones) is 1. The van der Waals surface area contributed by atoms with Gasteiger partial charge in [-0.3, -0.25) is 4.79 Å². The van der Waals surface area contributed by atoms with Crippen LogP contribution in [0.2, 0.25) is 0 Å². The van der Waals surface area contributed by atoms with E-state index in [2.05, 4.69) is 20.9 Å². The lowest BCUT2D eigenvalue weighted by Gasteiger charge is -2.03. The summed E-state index contributed by atoms with van der Waals surface area (Å²) in [5, 5.41) is 0. The van der Waals surface area contributed by atoms with Crippen LogP contribution < -0.4 is 10.5 Å². The molecule has 2 aromatic carbocycles. The van der Waals surface area contributed by atoms with Crippen molar-refractivity contribution in [3.63, 3.8) is 0 Å². The molecule has 2 N–H and O–H groups in total. The van der Waals surface area contributed by atoms with E-state index in [4.69, 9.17) is 15.2 Å². The number of benzene rings is 2. The zero-order valence-corrected chi connectivity index (χ0v) is 14.5. The van der Waals surface area contributed by atoms with Crippen LogP contribution in [0.25, 0.3) is 6.08 Å². The second kappa shape index (κ2) is 7.31. The van der Waals surface area contributed by atoms with Crippen molar-refractivity contribution in [1.82, 2.24) is 0 Å². The fourth-order valence-electron chi connectivity index (χ4n) is 2.10. The summed E-state index contributed by atoms with van der Waals surface area (Å²) in [5.41, 5.74) is 6.70. The summed E-state index contributed by atoms with van der Waals surface area (Å²) in [6.07, 6.45) is 1.62. The first kappa shape index (κ1) is 16.9. The molecule has 0 fully saturated rings. The molecule has 0 bridgehead atoms. The Morgan fingerprint density at radius 3 is 2.48 bits per heavy atom. The Balaban J connectivity index is 1.77. The predicted molar refractivity (Wildman–Crippen MR) is 95.9 cm³/mol. The number of esters is 1. The fourth-order valence-corrected chi connectivity index (χ4v) is 2.36. The topological polar surface area (TPSA) is 91.0 Å². The van der Waals surface area contributed by atoms with Gasteiger partial charge in [-0.05, 0) is 48.0 Å². The summed E-state index contributed by atoms with van der Waals surface area (Å²) >= 11 is 3.35. The molecule has 3 rings (SSSR count). The van der Waals surface area contributed by atoms with Crippen molar-refractivity contribution in [2.75, 3.05) is 6.61 Å². The zero-order chi connectivity index (χ0) is 17.8. The van der Waals surface area contributed by atoms with Crippen LogP contribution in [-0.4, -0.2) is 24.4 Å². The third kappa shape index (κ3) is 4.33. The third-order valence-electron chi connectivity index (χ3n) is 3.28. The molecule has 2 aromatic rings. The summed E-state index contributed by atoms with van der Waals surface area (Å²) in [6.45, 7) is -0.187. The van der Waals surface area contributed by atoms with E-state index >= 15 is 0 Å². The van der Waals surface area contributed by atoms with Crippen LogP contribution in [0, 0.1) is 0 Å². The molecule has 126 valence electrons. The lowest BCUT2D eigenvalue weighted by molar-refractivity contribution is -0.130. The monoisotopic (exact) mass is 400 g/mol. The van der Waals surface area contributed by atoms with Crippen molar-refractivity contribution >= 4 is 39.8 Å². The Kier molecular flexibility index (Phi) is 4.95. The standard InChI is InChI=1S/C18H13BrN2O4/c19-13-5-3-12(4-6-13)17-21-15(18(23)25-17)9-11-1-7-14(8-2-11)24-10-16(20)22/h1-9H,10H2,(H2,20,22)/b15-9-. The van der Waals surface area contributed by atoms with E-state index in [-0.39, 0.29) is 18.2 Å². The first-order valence-corrected chi connectivity index (χ1v) is 8.10. The van der Waals surface area contributed by atoms with Crippen molar-refractivity contribution in [3.05, 3.63) is 69.8 Å². The highest BCUT2D eigenvalue weighted by Gasteiger charge is 2.24. The first-order valence-electron chi connectivity index (χ1n) is 7.31. The summed E-state index contributed by atoms with van der Waals surface area (Å²) < 4.78 is 11.3. The average Bonchev–Trinajstić information content (AvgIpc) is 2.95. The number of carbonyl (C=O) groups is 2. The van der Waals surface area contributed by atoms with Crippen LogP contribution in [-0.2, 0) is 14.3 Å². The Bertz CT molecular complexity index is 871. The van der Waals surface area contributed by atoms with Crippen molar-refractivity contribution < 1.29 is 19.1 Å². The van der Waals surface area contributed by atoms with Gasteiger partial charge in [0.1, 0.15) is 5.75 Å². The Morgan fingerprint density at radius 2 is 1.84 bits per heavy atom. The van der Waals surface area contributed by atoms with Crippen LogP contribution in [0.1, 0.15) is 11.1 Å². The molecular weight excluding hydrogens is 388 g/mol. The van der Waals surface area contributed by atoms with Gasteiger partial charge in [0, 0.05) is 10.0 Å². The second-order valence-electron chi connectivity index (χ2n) is 5.17. The quantitative estimate of drug-likeness (QED) is 0.616. The van der Waals surface area contributed by atoms with E-state index in [0.717, 1.165) is 15.6 Å². The molecule has 1 amide bonds. The third-order valence-corrected chi connectivity index (χ3v) is 3.80. The number of hydrogen-bond acceptors (Lipinski definition) is 5. The number of primary amides is 1. The largest absolute Gasteiger partial charge is 0.484 e. The lowest BCUT2D eigenvalue weighted by atomic mass is 10.2. The minimum absolute atomic E-state index is 0.187. The molecule has 25 heavy (non-hydrogen) atoms. The summed E-state index contributed by atoms with van der Waals surface area (Å²) in [4.78, 5) is 26.9. The molecule has 7 heteroatoms. The lowest BCUT2D eigenvalue weighted by Crippen LogP contribution is -2.19. The molecule has 0 aliphatic carbocycles. The van der Waals surface area contributed by atoms with Gasteiger partial charge in [-0.2, -0.15) is 0 Å². The second-order valence-corrected chi connectivity index (χ2v) is 6.08. The molecule has 1 heterocycles. The van der Waals surface area contributed by atoms with Gasteiger partial charge in [0.15, 0.2) is 12.3 Å². The number of hydrogen-bond donors (Lipinski definition) is 1. The zero-order valence-electron chi connectivity index (χ0n) is 12.9. The summed E-state index contributed by atoms with van der Waals surface area (Å²) in [5.74, 6) is -0.277. The van der Waals surface area contributed by atoms with Crippen LogP contribution >= 0.6 is 15.9 Å². The maximum atomic E-state index is 12.0. The smallest absolute Gasteiger partial charge is 0.363 e. The van der Waals surface area contributed by atoms with Crippen molar-refractivity contribution in [2.24, 2.45) is 10.7 Å². The van der Waals surface area contributed by atoms with Crippen molar-refractivity contribution in [1.29, 1.82) is 0 Å². The number of nitrogens with two attached hydrogens (primary N) is 1. The molecule has 0 saturated heterocycles. The number of rotatable bonds is 5. The van der Waals surface area contributed by atoms with Crippen molar-refractivity contribution in [3.8, 4) is 5.75 Å². The summed E-state index contributed by atoms with van der Waals surface area (Å²) in [7, 11) is 0. The number of aliphatic imine (C=N–C) groups is 1. The van der Waals surface area contributed by atoms with E-state index in [0.29, 0.717) is 5.75 Å². The number of halogens is 1. The number of amides is 1. The van der Waals surface area contributed by atoms with Gasteiger partial charge in [0.2, 0.25) is 5.90 Å². The number of nitrogens with zero attached hydrogens (tertiary/aromatic N) is 1. The first-order chi connectivity index (χ1) is 12.0. The van der Waals surface area contributed by atoms with Crippen molar-refractivity contribution in [2.45, 2.75) is 0 Å². The van der Waals surface area contributed by atoms with Gasteiger partial charge in [0.05, 0.1) is 0 Å². The van der Waals surface area contributed by atoms with Gasteiger partial charge >= 0.3 is 5.97 Å². The Hall–Kier alpha value is -2.93. The highest BCUT2D eigenvalue weighted by atomic mass is 79.9. The molecule has 0 radical (unpaired) electrons. The molecule has 1 aliphatic heterocycles. The van der Waals surface area contributed by atoms with Crippen LogP contribution in [0.5, 0.6) is 5.75 Å². The van der Waals surface area contributed by atoms with Crippen LogP contribution in [0.15, 0.2) is 63.7 Å². The molecular formula is C18H13BrN2O4. The van der Waals surface area contributed by atoms with E-state index in [1.807, 2.05) is 24.3 Å². The fraction of sp³-hybridized carbons (Fsp3) is 0.0556. The normalized spacial score (nSPS) is 15.0.